The normalized spacial score (nSPS) is 17.1. The number of anilines is 1. The van der Waals surface area contributed by atoms with Gasteiger partial charge in [0.15, 0.2) is 11.5 Å². The summed E-state index contributed by atoms with van der Waals surface area (Å²) in [7, 11) is 1.57. The highest BCUT2D eigenvalue weighted by Gasteiger charge is 2.24. The molecule has 1 unspecified atom stereocenters. The van der Waals surface area contributed by atoms with E-state index in [9.17, 15) is 4.79 Å². The number of ether oxygens (including phenoxy) is 1. The van der Waals surface area contributed by atoms with E-state index in [0.29, 0.717) is 17.9 Å². The zero-order valence-electron chi connectivity index (χ0n) is 15.4. The van der Waals surface area contributed by atoms with E-state index >= 15 is 0 Å². The topological polar surface area (TPSA) is 84.6 Å². The number of carbonyl (C=O) groups is 1. The molecule has 1 aliphatic rings. The van der Waals surface area contributed by atoms with Crippen molar-refractivity contribution in [3.63, 3.8) is 0 Å². The largest absolute Gasteiger partial charge is 0.496 e. The van der Waals surface area contributed by atoms with Crippen molar-refractivity contribution in [1.82, 2.24) is 25.1 Å². The first kappa shape index (κ1) is 17.3. The lowest BCUT2D eigenvalue weighted by atomic mass is 10.0. The van der Waals surface area contributed by atoms with Crippen LogP contribution >= 0.6 is 0 Å². The molecule has 1 saturated heterocycles. The van der Waals surface area contributed by atoms with Crippen LogP contribution in [0.5, 0.6) is 5.75 Å². The van der Waals surface area contributed by atoms with Gasteiger partial charge < -0.3 is 15.0 Å². The molecule has 1 amide bonds. The SMILES string of the molecule is COc1ccccc1C(=O)NC1CCCN(c2ccc3nnc(C)n3n2)C1. The van der Waals surface area contributed by atoms with E-state index in [1.165, 1.54) is 0 Å². The van der Waals surface area contributed by atoms with Gasteiger partial charge in [-0.05, 0) is 44.0 Å². The zero-order chi connectivity index (χ0) is 18.8. The molecule has 1 fully saturated rings. The number of para-hydroxylation sites is 1. The summed E-state index contributed by atoms with van der Waals surface area (Å²) in [6, 6.07) is 11.2. The van der Waals surface area contributed by atoms with Crippen LogP contribution in [0.2, 0.25) is 0 Å². The van der Waals surface area contributed by atoms with E-state index < -0.39 is 0 Å². The van der Waals surface area contributed by atoms with E-state index in [-0.39, 0.29) is 11.9 Å². The second-order valence-electron chi connectivity index (χ2n) is 6.67. The Kier molecular flexibility index (Phi) is 4.62. The lowest BCUT2D eigenvalue weighted by molar-refractivity contribution is 0.0930. The van der Waals surface area contributed by atoms with Gasteiger partial charge in [-0.15, -0.1) is 15.3 Å². The molecule has 3 aromatic rings. The van der Waals surface area contributed by atoms with Crippen molar-refractivity contribution in [3.05, 3.63) is 47.8 Å². The van der Waals surface area contributed by atoms with E-state index in [2.05, 4.69) is 25.5 Å². The van der Waals surface area contributed by atoms with Crippen LogP contribution in [-0.4, -0.2) is 52.0 Å². The van der Waals surface area contributed by atoms with E-state index in [0.717, 1.165) is 36.7 Å². The number of amides is 1. The van der Waals surface area contributed by atoms with Crippen LogP contribution in [0.15, 0.2) is 36.4 Å². The number of piperidine rings is 1. The number of rotatable bonds is 4. The Labute approximate surface area is 157 Å². The van der Waals surface area contributed by atoms with Crippen molar-refractivity contribution < 1.29 is 9.53 Å². The highest BCUT2D eigenvalue weighted by molar-refractivity contribution is 5.97. The van der Waals surface area contributed by atoms with Gasteiger partial charge in [-0.25, -0.2) is 0 Å². The maximum Gasteiger partial charge on any atom is 0.255 e. The summed E-state index contributed by atoms with van der Waals surface area (Å²) >= 11 is 0. The van der Waals surface area contributed by atoms with Crippen molar-refractivity contribution in [2.24, 2.45) is 0 Å². The summed E-state index contributed by atoms with van der Waals surface area (Å²) in [5.74, 6) is 2.08. The third kappa shape index (κ3) is 3.42. The first-order chi connectivity index (χ1) is 13.2. The first-order valence-corrected chi connectivity index (χ1v) is 9.03. The van der Waals surface area contributed by atoms with Gasteiger partial charge in [0.05, 0.1) is 12.7 Å². The third-order valence-corrected chi connectivity index (χ3v) is 4.84. The summed E-state index contributed by atoms with van der Waals surface area (Å²) in [4.78, 5) is 14.9. The monoisotopic (exact) mass is 366 g/mol. The van der Waals surface area contributed by atoms with Gasteiger partial charge in [-0.3, -0.25) is 4.79 Å². The van der Waals surface area contributed by atoms with Gasteiger partial charge in [0.1, 0.15) is 11.6 Å². The quantitative estimate of drug-likeness (QED) is 0.758. The molecule has 2 aromatic heterocycles. The minimum atomic E-state index is -0.114. The number of aryl methyl sites for hydroxylation is 1. The molecule has 8 nitrogen and oxygen atoms in total. The third-order valence-electron chi connectivity index (χ3n) is 4.84. The van der Waals surface area contributed by atoms with Gasteiger partial charge in [0.25, 0.3) is 5.91 Å². The second-order valence-corrected chi connectivity index (χ2v) is 6.67. The predicted molar refractivity (Wildman–Crippen MR) is 101 cm³/mol. The van der Waals surface area contributed by atoms with Crippen molar-refractivity contribution in [1.29, 1.82) is 0 Å². The number of hydrogen-bond acceptors (Lipinski definition) is 6. The van der Waals surface area contributed by atoms with Crippen LogP contribution in [0.3, 0.4) is 0 Å². The van der Waals surface area contributed by atoms with Gasteiger partial charge in [0.2, 0.25) is 0 Å². The van der Waals surface area contributed by atoms with E-state index in [1.807, 2.05) is 31.2 Å². The highest BCUT2D eigenvalue weighted by Crippen LogP contribution is 2.21. The number of nitrogens with zero attached hydrogens (tertiary/aromatic N) is 5. The lowest BCUT2D eigenvalue weighted by Crippen LogP contribution is -2.48. The molecule has 27 heavy (non-hydrogen) atoms. The van der Waals surface area contributed by atoms with Crippen LogP contribution in [0, 0.1) is 6.92 Å². The summed E-state index contributed by atoms with van der Waals surface area (Å²) in [6.45, 7) is 3.49. The number of fused-ring (bicyclic) bond motifs is 1. The highest BCUT2D eigenvalue weighted by atomic mass is 16.5. The molecule has 1 aliphatic heterocycles. The minimum Gasteiger partial charge on any atom is -0.496 e. The summed E-state index contributed by atoms with van der Waals surface area (Å²) in [5, 5.41) is 15.9. The summed E-state index contributed by atoms with van der Waals surface area (Å²) < 4.78 is 7.04. The Hall–Kier alpha value is -3.16. The van der Waals surface area contributed by atoms with Crippen LogP contribution in [-0.2, 0) is 0 Å². The van der Waals surface area contributed by atoms with E-state index in [4.69, 9.17) is 4.74 Å². The average Bonchev–Trinajstić information content (AvgIpc) is 3.08. The smallest absolute Gasteiger partial charge is 0.255 e. The zero-order valence-corrected chi connectivity index (χ0v) is 15.4. The Morgan fingerprint density at radius 1 is 1.22 bits per heavy atom. The van der Waals surface area contributed by atoms with Crippen molar-refractivity contribution >= 4 is 17.4 Å². The Balaban J connectivity index is 1.49. The fourth-order valence-electron chi connectivity index (χ4n) is 3.45. The Morgan fingerprint density at radius 3 is 2.93 bits per heavy atom. The molecule has 0 saturated carbocycles. The summed E-state index contributed by atoms with van der Waals surface area (Å²) in [5.41, 5.74) is 1.28. The molecule has 1 atom stereocenters. The van der Waals surface area contributed by atoms with Crippen LogP contribution in [0.1, 0.15) is 29.0 Å². The maximum atomic E-state index is 12.7. The molecule has 140 valence electrons. The minimum absolute atomic E-state index is 0.0515. The number of nitrogens with one attached hydrogen (secondary N) is 1. The molecule has 0 spiro atoms. The molecular formula is C19H22N6O2. The fourth-order valence-corrected chi connectivity index (χ4v) is 3.45. The molecule has 1 N–H and O–H groups in total. The van der Waals surface area contributed by atoms with Crippen molar-refractivity contribution in [2.45, 2.75) is 25.8 Å². The molecule has 0 radical (unpaired) electrons. The number of hydrogen-bond donors (Lipinski definition) is 1. The average molecular weight is 366 g/mol. The molecule has 8 heteroatoms. The number of methoxy groups -OCH3 is 1. The molecule has 4 rings (SSSR count). The molecule has 0 bridgehead atoms. The predicted octanol–water partition coefficient (Wildman–Crippen LogP) is 1.84. The van der Waals surface area contributed by atoms with Gasteiger partial charge in [-0.1, -0.05) is 12.1 Å². The lowest BCUT2D eigenvalue weighted by Gasteiger charge is -2.33. The van der Waals surface area contributed by atoms with Crippen molar-refractivity contribution in [3.8, 4) is 5.75 Å². The van der Waals surface area contributed by atoms with Crippen molar-refractivity contribution in [2.75, 3.05) is 25.1 Å². The number of aromatic nitrogens is 4. The molecular weight excluding hydrogens is 344 g/mol. The van der Waals surface area contributed by atoms with Gasteiger partial charge in [-0.2, -0.15) is 4.52 Å². The van der Waals surface area contributed by atoms with Crippen LogP contribution < -0.4 is 15.0 Å². The first-order valence-electron chi connectivity index (χ1n) is 9.03. The standard InChI is InChI=1S/C19H22N6O2/c1-13-21-22-17-9-10-18(23-25(13)17)24-11-5-6-14(12-24)20-19(26)15-7-3-4-8-16(15)27-2/h3-4,7-10,14H,5-6,11-12H2,1-2H3,(H,20,26). The maximum absolute atomic E-state index is 12.7. The summed E-state index contributed by atoms with van der Waals surface area (Å²) in [6.07, 6.45) is 1.92. The number of carbonyl (C=O) groups excluding carboxylic acids is 1. The molecule has 0 aliphatic carbocycles. The van der Waals surface area contributed by atoms with E-state index in [1.54, 1.807) is 23.8 Å². The number of benzene rings is 1. The van der Waals surface area contributed by atoms with Crippen LogP contribution in [0.4, 0.5) is 5.82 Å². The second kappa shape index (κ2) is 7.22. The molecule has 3 heterocycles. The molecule has 1 aromatic carbocycles. The van der Waals surface area contributed by atoms with Gasteiger partial charge in [0, 0.05) is 19.1 Å². The fraction of sp³-hybridized carbons (Fsp3) is 0.368. The van der Waals surface area contributed by atoms with Gasteiger partial charge >= 0.3 is 0 Å². The Bertz CT molecular complexity index is 970. The Morgan fingerprint density at radius 2 is 2.07 bits per heavy atom. The van der Waals surface area contributed by atoms with Crippen LogP contribution in [0.25, 0.3) is 5.65 Å².